The van der Waals surface area contributed by atoms with E-state index in [4.69, 9.17) is 0 Å². The molecule has 0 amide bonds. The lowest BCUT2D eigenvalue weighted by Gasteiger charge is -2.11. The van der Waals surface area contributed by atoms with Crippen molar-refractivity contribution in [1.29, 1.82) is 0 Å². The van der Waals surface area contributed by atoms with Crippen molar-refractivity contribution in [2.24, 2.45) is 0 Å². The average molecular weight is 335 g/mol. The number of hydrogen-bond acceptors (Lipinski definition) is 2. The van der Waals surface area contributed by atoms with Gasteiger partial charge in [-0.3, -0.25) is 4.72 Å². The summed E-state index contributed by atoms with van der Waals surface area (Å²) in [5.74, 6) is 0. The van der Waals surface area contributed by atoms with Crippen LogP contribution >= 0.6 is 0 Å². The molecule has 4 rings (SSSR count). The molecule has 0 radical (unpaired) electrons. The summed E-state index contributed by atoms with van der Waals surface area (Å²) >= 11 is 0. The van der Waals surface area contributed by atoms with E-state index < -0.39 is 10.0 Å². The van der Waals surface area contributed by atoms with Crippen molar-refractivity contribution in [2.75, 3.05) is 4.72 Å². The van der Waals surface area contributed by atoms with E-state index in [0.29, 0.717) is 10.6 Å². The summed E-state index contributed by atoms with van der Waals surface area (Å²) in [6.07, 6.45) is 0.839. The zero-order valence-electron chi connectivity index (χ0n) is 13.3. The van der Waals surface area contributed by atoms with Crippen LogP contribution in [0.15, 0.2) is 71.6 Å². The fourth-order valence-electron chi connectivity index (χ4n) is 3.28. The van der Waals surface area contributed by atoms with Crippen LogP contribution in [0.25, 0.3) is 11.1 Å². The van der Waals surface area contributed by atoms with Crippen molar-refractivity contribution in [2.45, 2.75) is 18.2 Å². The van der Waals surface area contributed by atoms with Crippen LogP contribution in [0.1, 0.15) is 16.7 Å². The van der Waals surface area contributed by atoms with Crippen LogP contribution in [-0.2, 0) is 16.4 Å². The lowest BCUT2D eigenvalue weighted by Crippen LogP contribution is -2.14. The van der Waals surface area contributed by atoms with Crippen LogP contribution in [0.3, 0.4) is 0 Å². The van der Waals surface area contributed by atoms with Gasteiger partial charge >= 0.3 is 0 Å². The largest absolute Gasteiger partial charge is 0.280 e. The number of fused-ring (bicyclic) bond motifs is 3. The second-order valence-corrected chi connectivity index (χ2v) is 7.73. The maximum atomic E-state index is 12.6. The summed E-state index contributed by atoms with van der Waals surface area (Å²) in [6.45, 7) is 1.80. The molecule has 120 valence electrons. The Bertz CT molecular complexity index is 1040. The topological polar surface area (TPSA) is 46.2 Å². The van der Waals surface area contributed by atoms with E-state index in [0.717, 1.165) is 17.5 Å². The fourth-order valence-corrected chi connectivity index (χ4v) is 4.57. The van der Waals surface area contributed by atoms with Gasteiger partial charge in [0, 0.05) is 5.69 Å². The van der Waals surface area contributed by atoms with Crippen molar-refractivity contribution in [1.82, 2.24) is 0 Å². The minimum absolute atomic E-state index is 0.314. The SMILES string of the molecule is Cc1ccccc1S(=O)(=O)Nc1ccc2c(c1)Cc1ccccc1-2. The van der Waals surface area contributed by atoms with Gasteiger partial charge in [-0.05, 0) is 59.4 Å². The Kier molecular flexibility index (Phi) is 3.43. The van der Waals surface area contributed by atoms with E-state index in [1.807, 2.05) is 36.4 Å². The molecule has 3 nitrogen and oxygen atoms in total. The van der Waals surface area contributed by atoms with Gasteiger partial charge in [-0.2, -0.15) is 0 Å². The molecule has 3 aromatic rings. The van der Waals surface area contributed by atoms with Gasteiger partial charge in [0.15, 0.2) is 0 Å². The van der Waals surface area contributed by atoms with Crippen molar-refractivity contribution >= 4 is 15.7 Å². The van der Waals surface area contributed by atoms with Gasteiger partial charge < -0.3 is 0 Å². The average Bonchev–Trinajstić information content (AvgIpc) is 2.92. The van der Waals surface area contributed by atoms with Crippen LogP contribution in [0.5, 0.6) is 0 Å². The summed E-state index contributed by atoms with van der Waals surface area (Å²) < 4.78 is 28.0. The number of hydrogen-bond donors (Lipinski definition) is 1. The van der Waals surface area contributed by atoms with Gasteiger partial charge in [-0.25, -0.2) is 8.42 Å². The Morgan fingerprint density at radius 2 is 1.54 bits per heavy atom. The molecule has 24 heavy (non-hydrogen) atoms. The van der Waals surface area contributed by atoms with E-state index in [9.17, 15) is 8.42 Å². The van der Waals surface area contributed by atoms with E-state index in [1.165, 1.54) is 16.7 Å². The van der Waals surface area contributed by atoms with Crippen molar-refractivity contribution < 1.29 is 8.42 Å². The second-order valence-electron chi connectivity index (χ2n) is 6.08. The van der Waals surface area contributed by atoms with Gasteiger partial charge in [-0.1, -0.05) is 48.5 Å². The molecule has 4 heteroatoms. The quantitative estimate of drug-likeness (QED) is 0.604. The van der Waals surface area contributed by atoms with Gasteiger partial charge in [-0.15, -0.1) is 0 Å². The highest BCUT2D eigenvalue weighted by Crippen LogP contribution is 2.37. The van der Waals surface area contributed by atoms with Gasteiger partial charge in [0.25, 0.3) is 10.0 Å². The molecule has 3 aromatic carbocycles. The van der Waals surface area contributed by atoms with Crippen LogP contribution < -0.4 is 4.72 Å². The normalized spacial score (nSPS) is 12.5. The molecule has 0 atom stereocenters. The Hall–Kier alpha value is -2.59. The first-order valence-electron chi connectivity index (χ1n) is 7.84. The number of aryl methyl sites for hydroxylation is 1. The Morgan fingerprint density at radius 1 is 0.833 bits per heavy atom. The summed E-state index contributed by atoms with van der Waals surface area (Å²) in [7, 11) is -3.58. The Labute approximate surface area is 142 Å². The molecule has 0 saturated carbocycles. The molecule has 0 bridgehead atoms. The molecular weight excluding hydrogens is 318 g/mol. The Balaban J connectivity index is 1.68. The second kappa shape index (κ2) is 5.49. The highest BCUT2D eigenvalue weighted by atomic mass is 32.2. The summed E-state index contributed by atoms with van der Waals surface area (Å²) in [6, 6.07) is 21.1. The molecule has 0 aromatic heterocycles. The predicted molar refractivity (Wildman–Crippen MR) is 96.7 cm³/mol. The molecule has 0 heterocycles. The van der Waals surface area contributed by atoms with E-state index in [2.05, 4.69) is 16.9 Å². The van der Waals surface area contributed by atoms with E-state index in [1.54, 1.807) is 25.1 Å². The smallest absolute Gasteiger partial charge is 0.262 e. The minimum atomic E-state index is -3.58. The van der Waals surface area contributed by atoms with Gasteiger partial charge in [0.2, 0.25) is 0 Å². The molecule has 1 aliphatic carbocycles. The molecular formula is C20H17NO2S. The first-order chi connectivity index (χ1) is 11.5. The number of nitrogens with one attached hydrogen (secondary N) is 1. The molecule has 1 N–H and O–H groups in total. The standard InChI is InChI=1S/C20H17NO2S/c1-14-6-2-5-9-20(14)24(22,23)21-17-10-11-19-16(13-17)12-15-7-3-4-8-18(15)19/h2-11,13,21H,12H2,1H3. The number of sulfonamides is 1. The van der Waals surface area contributed by atoms with Crippen molar-refractivity contribution in [3.8, 4) is 11.1 Å². The summed E-state index contributed by atoms with van der Waals surface area (Å²) in [4.78, 5) is 0.314. The van der Waals surface area contributed by atoms with Crippen molar-refractivity contribution in [3.63, 3.8) is 0 Å². The van der Waals surface area contributed by atoms with E-state index in [-0.39, 0.29) is 0 Å². The third-order valence-electron chi connectivity index (χ3n) is 4.43. The third kappa shape index (κ3) is 2.49. The lowest BCUT2D eigenvalue weighted by atomic mass is 10.1. The monoisotopic (exact) mass is 335 g/mol. The van der Waals surface area contributed by atoms with Crippen LogP contribution in [0.4, 0.5) is 5.69 Å². The minimum Gasteiger partial charge on any atom is -0.280 e. The van der Waals surface area contributed by atoms with Crippen LogP contribution in [-0.4, -0.2) is 8.42 Å². The number of rotatable bonds is 3. The van der Waals surface area contributed by atoms with Gasteiger partial charge in [0.1, 0.15) is 0 Å². The molecule has 0 aliphatic heterocycles. The molecule has 0 unspecified atom stereocenters. The lowest BCUT2D eigenvalue weighted by molar-refractivity contribution is 0.600. The predicted octanol–water partition coefficient (Wildman–Crippen LogP) is 4.37. The molecule has 0 spiro atoms. The maximum absolute atomic E-state index is 12.6. The highest BCUT2D eigenvalue weighted by Gasteiger charge is 2.20. The maximum Gasteiger partial charge on any atom is 0.262 e. The molecule has 0 fully saturated rings. The van der Waals surface area contributed by atoms with Gasteiger partial charge in [0.05, 0.1) is 4.90 Å². The number of benzene rings is 3. The zero-order chi connectivity index (χ0) is 16.7. The first-order valence-corrected chi connectivity index (χ1v) is 9.32. The third-order valence-corrected chi connectivity index (χ3v) is 5.97. The van der Waals surface area contributed by atoms with Crippen molar-refractivity contribution in [3.05, 3.63) is 83.4 Å². The van der Waals surface area contributed by atoms with Crippen LogP contribution in [0.2, 0.25) is 0 Å². The Morgan fingerprint density at radius 3 is 2.38 bits per heavy atom. The summed E-state index contributed by atoms with van der Waals surface area (Å²) in [5.41, 5.74) is 6.20. The highest BCUT2D eigenvalue weighted by molar-refractivity contribution is 7.92. The van der Waals surface area contributed by atoms with E-state index >= 15 is 0 Å². The van der Waals surface area contributed by atoms with Crippen LogP contribution in [0, 0.1) is 6.92 Å². The summed E-state index contributed by atoms with van der Waals surface area (Å²) in [5, 5.41) is 0. The molecule has 0 saturated heterocycles. The number of anilines is 1. The molecule has 1 aliphatic rings. The first kappa shape index (κ1) is 15.0. The fraction of sp³-hybridized carbons (Fsp3) is 0.100. The zero-order valence-corrected chi connectivity index (χ0v) is 14.1.